The number of hydrogen-bond acceptors (Lipinski definition) is 4. The summed E-state index contributed by atoms with van der Waals surface area (Å²) < 4.78 is 5.54. The van der Waals surface area contributed by atoms with Gasteiger partial charge in [0, 0.05) is 18.4 Å². The summed E-state index contributed by atoms with van der Waals surface area (Å²) in [7, 11) is 0. The van der Waals surface area contributed by atoms with Crippen molar-refractivity contribution in [2.75, 3.05) is 6.61 Å². The van der Waals surface area contributed by atoms with Crippen LogP contribution in [0, 0.1) is 11.8 Å². The number of fused-ring (bicyclic) bond motifs is 3. The molecule has 2 aromatic carbocycles. The van der Waals surface area contributed by atoms with Crippen LogP contribution in [0.15, 0.2) is 48.5 Å². The fourth-order valence-corrected chi connectivity index (χ4v) is 4.28. The molecule has 2 amide bonds. The van der Waals surface area contributed by atoms with E-state index in [1.54, 1.807) is 6.92 Å². The van der Waals surface area contributed by atoms with Crippen LogP contribution in [0.3, 0.4) is 0 Å². The lowest BCUT2D eigenvalue weighted by Gasteiger charge is -2.22. The summed E-state index contributed by atoms with van der Waals surface area (Å²) in [6.07, 6.45) is 0.437. The Bertz CT molecular complexity index is 1060. The molecule has 3 rings (SSSR count). The summed E-state index contributed by atoms with van der Waals surface area (Å²) in [5, 5.41) is 14.4. The third-order valence-corrected chi connectivity index (χ3v) is 5.84. The Labute approximate surface area is 199 Å². The van der Waals surface area contributed by atoms with Gasteiger partial charge in [0.15, 0.2) is 0 Å². The highest BCUT2D eigenvalue weighted by Crippen LogP contribution is 2.44. The van der Waals surface area contributed by atoms with Crippen molar-refractivity contribution < 1.29 is 24.2 Å². The van der Waals surface area contributed by atoms with Gasteiger partial charge in [-0.15, -0.1) is 11.8 Å². The lowest BCUT2D eigenvalue weighted by molar-refractivity contribution is -0.137. The molecule has 34 heavy (non-hydrogen) atoms. The molecule has 2 atom stereocenters. The van der Waals surface area contributed by atoms with E-state index in [2.05, 4.69) is 34.6 Å². The minimum Gasteiger partial charge on any atom is -0.481 e. The number of ether oxygens (including phenoxy) is 1. The molecule has 1 aliphatic rings. The highest BCUT2D eigenvalue weighted by molar-refractivity contribution is 5.86. The molecule has 0 spiro atoms. The summed E-state index contributed by atoms with van der Waals surface area (Å²) in [4.78, 5) is 36.5. The third-order valence-electron chi connectivity index (χ3n) is 5.84. The van der Waals surface area contributed by atoms with Crippen molar-refractivity contribution in [3.05, 3.63) is 59.7 Å². The highest BCUT2D eigenvalue weighted by atomic mass is 16.5. The van der Waals surface area contributed by atoms with Crippen molar-refractivity contribution in [2.24, 2.45) is 0 Å². The Morgan fingerprint density at radius 3 is 2.21 bits per heavy atom. The Balaban J connectivity index is 1.65. The van der Waals surface area contributed by atoms with Gasteiger partial charge in [0.1, 0.15) is 12.6 Å². The largest absolute Gasteiger partial charge is 0.481 e. The van der Waals surface area contributed by atoms with E-state index in [1.165, 1.54) is 0 Å². The first-order valence-corrected chi connectivity index (χ1v) is 11.5. The molecule has 3 N–H and O–H groups in total. The zero-order chi connectivity index (χ0) is 24.5. The Morgan fingerprint density at radius 1 is 1.03 bits per heavy atom. The quantitative estimate of drug-likeness (QED) is 0.462. The van der Waals surface area contributed by atoms with Gasteiger partial charge in [0.05, 0.1) is 6.42 Å². The molecule has 0 saturated carbocycles. The van der Waals surface area contributed by atoms with E-state index in [0.29, 0.717) is 6.42 Å². The molecule has 7 nitrogen and oxygen atoms in total. The molecule has 0 bridgehead atoms. The molecular formula is C27H30N2O5. The van der Waals surface area contributed by atoms with E-state index in [-0.39, 0.29) is 25.4 Å². The summed E-state index contributed by atoms with van der Waals surface area (Å²) in [6.45, 7) is 3.69. The number of benzene rings is 2. The van der Waals surface area contributed by atoms with Gasteiger partial charge in [-0.1, -0.05) is 61.9 Å². The molecule has 0 fully saturated rings. The van der Waals surface area contributed by atoms with E-state index in [9.17, 15) is 14.4 Å². The number of carbonyl (C=O) groups is 3. The predicted molar refractivity (Wildman–Crippen MR) is 129 cm³/mol. The number of aliphatic carboxylic acids is 1. The first-order valence-electron chi connectivity index (χ1n) is 11.5. The van der Waals surface area contributed by atoms with E-state index in [1.807, 2.05) is 43.3 Å². The molecule has 7 heteroatoms. The number of amides is 2. The van der Waals surface area contributed by atoms with Gasteiger partial charge in [-0.25, -0.2) is 4.79 Å². The number of carbonyl (C=O) groups excluding carboxylic acids is 2. The second kappa shape index (κ2) is 11.9. The standard InChI is InChI=1S/C27H30N2O5/c1-3-5-15-24(26(32)28-18(10-4-2)16-25(30)31)29-27(33)34-17-23-21-13-8-6-11-19(21)20-12-7-9-14-22(20)23/h6-9,11-14,18,23-24H,4,10,15-17H2,1-2H3,(H,28,32)(H,29,33)(H,30,31). The smallest absolute Gasteiger partial charge is 0.407 e. The van der Waals surface area contributed by atoms with E-state index in [0.717, 1.165) is 28.7 Å². The minimum absolute atomic E-state index is 0.0923. The Hall–Kier alpha value is -3.79. The molecule has 1 aliphatic carbocycles. The summed E-state index contributed by atoms with van der Waals surface area (Å²) in [6, 6.07) is 14.6. The van der Waals surface area contributed by atoms with E-state index < -0.39 is 30.1 Å². The third kappa shape index (κ3) is 6.16. The van der Waals surface area contributed by atoms with Gasteiger partial charge in [-0.05, 0) is 35.6 Å². The van der Waals surface area contributed by atoms with Gasteiger partial charge in [0.2, 0.25) is 5.91 Å². The normalized spacial score (nSPS) is 13.5. The molecule has 0 aromatic heterocycles. The van der Waals surface area contributed by atoms with Crippen LogP contribution in [0.2, 0.25) is 0 Å². The van der Waals surface area contributed by atoms with Gasteiger partial charge in [0.25, 0.3) is 0 Å². The van der Waals surface area contributed by atoms with Crippen LogP contribution in [0.25, 0.3) is 11.1 Å². The van der Waals surface area contributed by atoms with Crippen molar-refractivity contribution in [3.8, 4) is 23.0 Å². The highest BCUT2D eigenvalue weighted by Gasteiger charge is 2.30. The first kappa shape index (κ1) is 24.8. The van der Waals surface area contributed by atoms with Crippen LogP contribution < -0.4 is 10.6 Å². The van der Waals surface area contributed by atoms with Crippen molar-refractivity contribution in [3.63, 3.8) is 0 Å². The predicted octanol–water partition coefficient (Wildman–Crippen LogP) is 4.07. The molecule has 178 valence electrons. The summed E-state index contributed by atoms with van der Waals surface area (Å²) >= 11 is 0. The van der Waals surface area contributed by atoms with Crippen LogP contribution in [0.1, 0.15) is 56.6 Å². The average molecular weight is 463 g/mol. The van der Waals surface area contributed by atoms with Crippen molar-refractivity contribution in [1.82, 2.24) is 10.6 Å². The van der Waals surface area contributed by atoms with E-state index in [4.69, 9.17) is 9.84 Å². The fraction of sp³-hybridized carbons (Fsp3) is 0.370. The lowest BCUT2D eigenvalue weighted by atomic mass is 9.98. The van der Waals surface area contributed by atoms with Gasteiger partial charge >= 0.3 is 12.1 Å². The molecule has 2 unspecified atom stereocenters. The molecule has 0 radical (unpaired) electrons. The molecule has 0 saturated heterocycles. The summed E-state index contributed by atoms with van der Waals surface area (Å²) in [5.74, 6) is 3.97. The van der Waals surface area contributed by atoms with Crippen LogP contribution >= 0.6 is 0 Å². The topological polar surface area (TPSA) is 105 Å². The van der Waals surface area contributed by atoms with Gasteiger partial charge in [-0.2, -0.15) is 0 Å². The van der Waals surface area contributed by atoms with Crippen LogP contribution in [0.5, 0.6) is 0 Å². The van der Waals surface area contributed by atoms with Gasteiger partial charge in [-0.3, -0.25) is 9.59 Å². The van der Waals surface area contributed by atoms with Crippen LogP contribution in [-0.4, -0.2) is 41.8 Å². The number of alkyl carbamates (subject to hydrolysis) is 1. The maximum Gasteiger partial charge on any atom is 0.407 e. The average Bonchev–Trinajstić information content (AvgIpc) is 3.14. The zero-order valence-corrected chi connectivity index (χ0v) is 19.5. The van der Waals surface area contributed by atoms with Crippen molar-refractivity contribution in [2.45, 2.75) is 57.5 Å². The zero-order valence-electron chi connectivity index (χ0n) is 19.5. The second-order valence-electron chi connectivity index (χ2n) is 8.25. The van der Waals surface area contributed by atoms with Crippen molar-refractivity contribution >= 4 is 18.0 Å². The number of rotatable bonds is 10. The minimum atomic E-state index is -0.992. The summed E-state index contributed by atoms with van der Waals surface area (Å²) in [5.41, 5.74) is 4.45. The Kier molecular flexibility index (Phi) is 8.69. The van der Waals surface area contributed by atoms with Crippen LogP contribution in [-0.2, 0) is 14.3 Å². The second-order valence-corrected chi connectivity index (χ2v) is 8.25. The Morgan fingerprint density at radius 2 is 1.65 bits per heavy atom. The maximum absolute atomic E-state index is 12.8. The van der Waals surface area contributed by atoms with Gasteiger partial charge < -0.3 is 20.5 Å². The number of hydrogen-bond donors (Lipinski definition) is 3. The molecular weight excluding hydrogens is 432 g/mol. The first-order chi connectivity index (χ1) is 16.4. The van der Waals surface area contributed by atoms with Crippen LogP contribution in [0.4, 0.5) is 4.79 Å². The SMILES string of the molecule is CC#CCC(NC(=O)OCC1c2ccccc2-c2ccccc21)C(=O)NC(CCC)CC(=O)O. The molecule has 0 aliphatic heterocycles. The lowest BCUT2D eigenvalue weighted by Crippen LogP contribution is -2.50. The number of carboxylic acid groups (broad SMARTS) is 1. The number of carboxylic acids is 1. The maximum atomic E-state index is 12.8. The fourth-order valence-electron chi connectivity index (χ4n) is 4.28. The number of nitrogens with one attached hydrogen (secondary N) is 2. The van der Waals surface area contributed by atoms with E-state index >= 15 is 0 Å². The molecule has 0 heterocycles. The van der Waals surface area contributed by atoms with Crippen molar-refractivity contribution in [1.29, 1.82) is 0 Å². The molecule has 2 aromatic rings. The monoisotopic (exact) mass is 462 g/mol.